The molecule has 1 aromatic heterocycles. The van der Waals surface area contributed by atoms with Crippen molar-refractivity contribution in [3.05, 3.63) is 54.1 Å². The number of amides is 2. The summed E-state index contributed by atoms with van der Waals surface area (Å²) in [6.45, 7) is 3.50. The second kappa shape index (κ2) is 7.98. The number of nitrogens with one attached hydrogen (secondary N) is 1. The molecule has 144 valence electrons. The van der Waals surface area contributed by atoms with Crippen LogP contribution >= 0.6 is 11.3 Å². The Morgan fingerprint density at radius 1 is 1.29 bits per heavy atom. The Morgan fingerprint density at radius 3 is 2.89 bits per heavy atom. The first-order chi connectivity index (χ1) is 13.6. The third-order valence-electron chi connectivity index (χ3n) is 4.70. The molecule has 6 nitrogen and oxygen atoms in total. The number of likely N-dealkylation sites (tertiary alicyclic amines) is 1. The van der Waals surface area contributed by atoms with E-state index in [2.05, 4.69) is 10.3 Å². The Kier molecular flexibility index (Phi) is 5.25. The summed E-state index contributed by atoms with van der Waals surface area (Å²) in [6.07, 6.45) is 0.234. The van der Waals surface area contributed by atoms with Crippen molar-refractivity contribution in [2.75, 3.05) is 18.5 Å². The first-order valence-corrected chi connectivity index (χ1v) is 10.1. The minimum Gasteiger partial charge on any atom is -0.494 e. The fourth-order valence-corrected chi connectivity index (χ4v) is 4.22. The van der Waals surface area contributed by atoms with Crippen molar-refractivity contribution in [1.29, 1.82) is 0 Å². The van der Waals surface area contributed by atoms with Crippen molar-refractivity contribution in [3.63, 3.8) is 0 Å². The van der Waals surface area contributed by atoms with Crippen LogP contribution in [0.1, 0.15) is 18.9 Å². The summed E-state index contributed by atoms with van der Waals surface area (Å²) >= 11 is 1.41. The number of thiazole rings is 1. The van der Waals surface area contributed by atoms with E-state index in [0.717, 1.165) is 21.5 Å². The van der Waals surface area contributed by atoms with E-state index in [-0.39, 0.29) is 24.2 Å². The molecule has 1 N–H and O–H groups in total. The maximum Gasteiger partial charge on any atom is 0.231 e. The number of hydrogen-bond acceptors (Lipinski definition) is 5. The highest BCUT2D eigenvalue weighted by molar-refractivity contribution is 7.22. The smallest absolute Gasteiger partial charge is 0.231 e. The highest BCUT2D eigenvalue weighted by atomic mass is 32.1. The number of hydrogen-bond donors (Lipinski definition) is 1. The molecular weight excluding hydrogens is 374 g/mol. The number of aromatic nitrogens is 1. The molecule has 0 radical (unpaired) electrons. The van der Waals surface area contributed by atoms with Crippen LogP contribution in [0.2, 0.25) is 0 Å². The topological polar surface area (TPSA) is 71.5 Å². The molecule has 3 aromatic rings. The first kappa shape index (κ1) is 18.4. The van der Waals surface area contributed by atoms with Crippen LogP contribution in [0.5, 0.6) is 5.75 Å². The van der Waals surface area contributed by atoms with Crippen molar-refractivity contribution < 1.29 is 14.3 Å². The zero-order valence-corrected chi connectivity index (χ0v) is 16.4. The fourth-order valence-electron chi connectivity index (χ4n) is 3.33. The van der Waals surface area contributed by atoms with Crippen molar-refractivity contribution in [2.45, 2.75) is 19.9 Å². The average Bonchev–Trinajstić information content (AvgIpc) is 3.25. The standard InChI is InChI=1S/C21H21N3O3S/c1-2-27-16-8-9-17-18(11-16)28-21(22-17)23-20(26)15-10-19(25)24(13-15)12-14-6-4-3-5-7-14/h3-9,11,15H,2,10,12-13H2,1H3,(H,22,23,26)/t15-/m1/s1. The van der Waals surface area contributed by atoms with Crippen LogP contribution in [-0.4, -0.2) is 34.8 Å². The summed E-state index contributed by atoms with van der Waals surface area (Å²) in [4.78, 5) is 31.2. The minimum absolute atomic E-state index is 0.00894. The molecule has 2 heterocycles. The molecule has 1 saturated heterocycles. The lowest BCUT2D eigenvalue weighted by atomic mass is 10.1. The van der Waals surface area contributed by atoms with Gasteiger partial charge in [-0.05, 0) is 30.7 Å². The third kappa shape index (κ3) is 3.99. The largest absolute Gasteiger partial charge is 0.494 e. The van der Waals surface area contributed by atoms with E-state index in [1.54, 1.807) is 4.90 Å². The zero-order chi connectivity index (χ0) is 19.5. The number of nitrogens with zero attached hydrogens (tertiary/aromatic N) is 2. The first-order valence-electron chi connectivity index (χ1n) is 9.28. The molecule has 28 heavy (non-hydrogen) atoms. The average molecular weight is 395 g/mol. The van der Waals surface area contributed by atoms with Gasteiger partial charge in [0.15, 0.2) is 5.13 Å². The lowest BCUT2D eigenvalue weighted by Gasteiger charge is -2.16. The van der Waals surface area contributed by atoms with Gasteiger partial charge in [0.2, 0.25) is 11.8 Å². The monoisotopic (exact) mass is 395 g/mol. The van der Waals surface area contributed by atoms with Crippen molar-refractivity contribution in [3.8, 4) is 5.75 Å². The molecule has 2 amide bonds. The van der Waals surface area contributed by atoms with E-state index in [4.69, 9.17) is 4.74 Å². The van der Waals surface area contributed by atoms with Gasteiger partial charge in [0, 0.05) is 19.5 Å². The minimum atomic E-state index is -0.359. The van der Waals surface area contributed by atoms with E-state index in [9.17, 15) is 9.59 Å². The predicted molar refractivity (Wildman–Crippen MR) is 109 cm³/mol. The quantitative estimate of drug-likeness (QED) is 0.691. The summed E-state index contributed by atoms with van der Waals surface area (Å²) in [7, 11) is 0. The van der Waals surface area contributed by atoms with Crippen LogP contribution < -0.4 is 10.1 Å². The molecule has 1 aliphatic rings. The van der Waals surface area contributed by atoms with E-state index in [1.807, 2.05) is 55.5 Å². The van der Waals surface area contributed by atoms with Crippen molar-refractivity contribution in [2.24, 2.45) is 5.92 Å². The van der Waals surface area contributed by atoms with Crippen LogP contribution in [0.3, 0.4) is 0 Å². The van der Waals surface area contributed by atoms with E-state index in [1.165, 1.54) is 11.3 Å². The number of benzene rings is 2. The highest BCUT2D eigenvalue weighted by Gasteiger charge is 2.34. The van der Waals surface area contributed by atoms with Crippen LogP contribution in [0.15, 0.2) is 48.5 Å². The molecule has 0 spiro atoms. The molecule has 7 heteroatoms. The van der Waals surface area contributed by atoms with Crippen molar-refractivity contribution in [1.82, 2.24) is 9.88 Å². The molecule has 0 saturated carbocycles. The molecule has 0 bridgehead atoms. The van der Waals surface area contributed by atoms with Crippen LogP contribution in [0.4, 0.5) is 5.13 Å². The number of carbonyl (C=O) groups excluding carboxylic acids is 2. The lowest BCUT2D eigenvalue weighted by molar-refractivity contribution is -0.128. The lowest BCUT2D eigenvalue weighted by Crippen LogP contribution is -2.28. The number of fused-ring (bicyclic) bond motifs is 1. The molecule has 4 rings (SSSR count). The predicted octanol–water partition coefficient (Wildman–Crippen LogP) is 3.68. The molecular formula is C21H21N3O3S. The van der Waals surface area contributed by atoms with Crippen LogP contribution in [0, 0.1) is 5.92 Å². The number of carbonyl (C=O) groups is 2. The van der Waals surface area contributed by atoms with Gasteiger partial charge < -0.3 is 15.0 Å². The Bertz CT molecular complexity index is 1000. The Balaban J connectivity index is 1.41. The number of rotatable bonds is 6. The van der Waals surface area contributed by atoms with Gasteiger partial charge in [-0.3, -0.25) is 9.59 Å². The summed E-state index contributed by atoms with van der Waals surface area (Å²) in [5.41, 5.74) is 1.88. The van der Waals surface area contributed by atoms with Gasteiger partial charge >= 0.3 is 0 Å². The van der Waals surface area contributed by atoms with Crippen LogP contribution in [0.25, 0.3) is 10.2 Å². The van der Waals surface area contributed by atoms with E-state index >= 15 is 0 Å². The summed E-state index contributed by atoms with van der Waals surface area (Å²) in [5.74, 6) is 0.277. The van der Waals surface area contributed by atoms with Gasteiger partial charge in [-0.25, -0.2) is 4.98 Å². The second-order valence-corrected chi connectivity index (χ2v) is 7.76. The SMILES string of the molecule is CCOc1ccc2nc(NC(=O)[C@@H]3CC(=O)N(Cc4ccccc4)C3)sc2c1. The molecule has 1 atom stereocenters. The normalized spacial score (nSPS) is 16.5. The van der Waals surface area contributed by atoms with Gasteiger partial charge in [0.1, 0.15) is 5.75 Å². The van der Waals surface area contributed by atoms with Gasteiger partial charge in [0.25, 0.3) is 0 Å². The molecule has 1 fully saturated rings. The molecule has 2 aromatic carbocycles. The molecule has 0 unspecified atom stereocenters. The van der Waals surface area contributed by atoms with Gasteiger partial charge in [-0.2, -0.15) is 0 Å². The van der Waals surface area contributed by atoms with Gasteiger partial charge in [-0.15, -0.1) is 0 Å². The third-order valence-corrected chi connectivity index (χ3v) is 5.64. The molecule has 1 aliphatic heterocycles. The van der Waals surface area contributed by atoms with Crippen LogP contribution in [-0.2, 0) is 16.1 Å². The Labute approximate surface area is 167 Å². The second-order valence-electron chi connectivity index (χ2n) is 6.73. The zero-order valence-electron chi connectivity index (χ0n) is 15.6. The van der Waals surface area contributed by atoms with Gasteiger partial charge in [0.05, 0.1) is 22.7 Å². The van der Waals surface area contributed by atoms with E-state index < -0.39 is 0 Å². The fraction of sp³-hybridized carbons (Fsp3) is 0.286. The van der Waals surface area contributed by atoms with Gasteiger partial charge in [-0.1, -0.05) is 41.7 Å². The summed E-state index contributed by atoms with van der Waals surface area (Å²) < 4.78 is 6.46. The Morgan fingerprint density at radius 2 is 2.11 bits per heavy atom. The maximum atomic E-state index is 12.7. The van der Waals surface area contributed by atoms with Crippen molar-refractivity contribution >= 4 is 38.5 Å². The maximum absolute atomic E-state index is 12.7. The molecule has 0 aliphatic carbocycles. The Hall–Kier alpha value is -2.93. The number of ether oxygens (including phenoxy) is 1. The highest BCUT2D eigenvalue weighted by Crippen LogP contribution is 2.30. The van der Waals surface area contributed by atoms with E-state index in [0.29, 0.717) is 24.8 Å². The number of anilines is 1. The summed E-state index contributed by atoms with van der Waals surface area (Å²) in [6, 6.07) is 15.5. The summed E-state index contributed by atoms with van der Waals surface area (Å²) in [5, 5.41) is 3.42.